The van der Waals surface area contributed by atoms with Crippen LogP contribution in [-0.2, 0) is 6.54 Å². The molecule has 3 fully saturated rings. The molecule has 1 aromatic carbocycles. The second-order valence-corrected chi connectivity index (χ2v) is 6.48. The lowest BCUT2D eigenvalue weighted by molar-refractivity contribution is 0.0727. The Morgan fingerprint density at radius 2 is 2.05 bits per heavy atom. The number of piperidine rings is 3. The van der Waals surface area contributed by atoms with Gasteiger partial charge in [0.1, 0.15) is 0 Å². The summed E-state index contributed by atoms with van der Waals surface area (Å²) in [6.07, 6.45) is 5.93. The van der Waals surface area contributed by atoms with Crippen molar-refractivity contribution in [3.05, 3.63) is 30.6 Å². The number of fused-ring (bicyclic) bond motifs is 4. The van der Waals surface area contributed by atoms with Gasteiger partial charge in [-0.15, -0.1) is 0 Å². The molecule has 21 heavy (non-hydrogen) atoms. The molecule has 0 spiro atoms. The van der Waals surface area contributed by atoms with Crippen molar-refractivity contribution in [2.24, 2.45) is 5.92 Å². The smallest absolute Gasteiger partial charge is 0.0958 e. The van der Waals surface area contributed by atoms with Crippen molar-refractivity contribution in [2.75, 3.05) is 26.2 Å². The quantitative estimate of drug-likeness (QED) is 0.854. The van der Waals surface area contributed by atoms with Gasteiger partial charge in [-0.2, -0.15) is 0 Å². The summed E-state index contributed by atoms with van der Waals surface area (Å²) in [7, 11) is 0. The number of rotatable bonds is 5. The molecule has 112 valence electrons. The number of hydrogen-bond donors (Lipinski definition) is 1. The van der Waals surface area contributed by atoms with E-state index in [1.165, 1.54) is 44.4 Å². The van der Waals surface area contributed by atoms with Crippen LogP contribution >= 0.6 is 0 Å². The molecule has 4 nitrogen and oxygen atoms in total. The van der Waals surface area contributed by atoms with Crippen molar-refractivity contribution in [3.63, 3.8) is 0 Å². The summed E-state index contributed by atoms with van der Waals surface area (Å²) in [6, 6.07) is 9.10. The van der Waals surface area contributed by atoms with E-state index in [1.54, 1.807) is 0 Å². The number of aryl methyl sites for hydroxylation is 1. The van der Waals surface area contributed by atoms with Gasteiger partial charge in [0, 0.05) is 19.1 Å². The Hall–Kier alpha value is -1.39. The number of hydrogen-bond acceptors (Lipinski definition) is 3. The lowest BCUT2D eigenvalue weighted by atomic mass is 9.84. The second-order valence-electron chi connectivity index (χ2n) is 6.48. The molecular weight excluding hydrogens is 260 g/mol. The fourth-order valence-corrected chi connectivity index (χ4v) is 3.92. The molecule has 2 aromatic rings. The van der Waals surface area contributed by atoms with Crippen LogP contribution in [0, 0.1) is 5.92 Å². The molecule has 1 atom stereocenters. The minimum atomic E-state index is 0.729. The molecule has 2 bridgehead atoms. The maximum Gasteiger partial charge on any atom is 0.0958 e. The van der Waals surface area contributed by atoms with Crippen molar-refractivity contribution >= 4 is 11.0 Å². The standard InChI is InChI=1S/C17H24N4/c1-2-5-17-15(4-1)19-13-21(17)9-3-8-18-16-12-20-10-6-14(16)7-11-20/h1-2,4-5,13-14,16,18H,3,6-12H2. The Morgan fingerprint density at radius 3 is 2.86 bits per heavy atom. The van der Waals surface area contributed by atoms with Gasteiger partial charge in [-0.3, -0.25) is 0 Å². The van der Waals surface area contributed by atoms with E-state index in [2.05, 4.69) is 44.0 Å². The van der Waals surface area contributed by atoms with Gasteiger partial charge in [0.05, 0.1) is 17.4 Å². The number of nitrogens with one attached hydrogen (secondary N) is 1. The Bertz CT molecular complexity index is 598. The maximum absolute atomic E-state index is 4.45. The Kier molecular flexibility index (Phi) is 3.65. The van der Waals surface area contributed by atoms with E-state index < -0.39 is 0 Å². The normalized spacial score (nSPS) is 28.3. The lowest BCUT2D eigenvalue weighted by Crippen LogP contribution is -2.56. The van der Waals surface area contributed by atoms with Gasteiger partial charge in [0.2, 0.25) is 0 Å². The van der Waals surface area contributed by atoms with Crippen LogP contribution in [0.15, 0.2) is 30.6 Å². The summed E-state index contributed by atoms with van der Waals surface area (Å²) in [6.45, 7) is 6.07. The summed E-state index contributed by atoms with van der Waals surface area (Å²) in [4.78, 5) is 7.07. The zero-order valence-corrected chi connectivity index (χ0v) is 12.5. The highest BCUT2D eigenvalue weighted by molar-refractivity contribution is 5.74. The molecule has 4 heterocycles. The van der Waals surface area contributed by atoms with Gasteiger partial charge >= 0.3 is 0 Å². The first-order valence-corrected chi connectivity index (χ1v) is 8.26. The number of aromatic nitrogens is 2. The fourth-order valence-electron chi connectivity index (χ4n) is 3.92. The van der Waals surface area contributed by atoms with Crippen molar-refractivity contribution < 1.29 is 0 Å². The molecule has 0 saturated carbocycles. The van der Waals surface area contributed by atoms with Crippen LogP contribution in [-0.4, -0.2) is 46.7 Å². The number of imidazole rings is 1. The first-order chi connectivity index (χ1) is 10.4. The van der Waals surface area contributed by atoms with Crippen LogP contribution < -0.4 is 5.32 Å². The van der Waals surface area contributed by atoms with E-state index in [-0.39, 0.29) is 0 Å². The third kappa shape index (κ3) is 2.70. The molecule has 3 saturated heterocycles. The Morgan fingerprint density at radius 1 is 1.19 bits per heavy atom. The Balaban J connectivity index is 1.28. The SMILES string of the molecule is c1ccc2c(c1)ncn2CCCNC1CN2CCC1CC2. The monoisotopic (exact) mass is 284 g/mol. The molecule has 0 radical (unpaired) electrons. The third-order valence-corrected chi connectivity index (χ3v) is 5.17. The fraction of sp³-hybridized carbons (Fsp3) is 0.588. The molecule has 3 aliphatic rings. The zero-order valence-electron chi connectivity index (χ0n) is 12.5. The average molecular weight is 284 g/mol. The predicted octanol–water partition coefficient (Wildman–Crippen LogP) is 2.11. The first-order valence-electron chi connectivity index (χ1n) is 8.26. The molecule has 1 N–H and O–H groups in total. The van der Waals surface area contributed by atoms with Crippen LogP contribution in [0.1, 0.15) is 19.3 Å². The van der Waals surface area contributed by atoms with Gasteiger partial charge in [0.15, 0.2) is 0 Å². The number of nitrogens with zero attached hydrogens (tertiary/aromatic N) is 3. The van der Waals surface area contributed by atoms with E-state index in [1.807, 2.05) is 6.33 Å². The van der Waals surface area contributed by atoms with E-state index in [4.69, 9.17) is 0 Å². The van der Waals surface area contributed by atoms with Crippen LogP contribution in [0.4, 0.5) is 0 Å². The van der Waals surface area contributed by atoms with Crippen LogP contribution in [0.2, 0.25) is 0 Å². The summed E-state index contributed by atoms with van der Waals surface area (Å²) < 4.78 is 2.27. The van der Waals surface area contributed by atoms with E-state index in [0.717, 1.165) is 30.6 Å². The van der Waals surface area contributed by atoms with Crippen molar-refractivity contribution in [1.29, 1.82) is 0 Å². The summed E-state index contributed by atoms with van der Waals surface area (Å²) in [5.41, 5.74) is 2.35. The van der Waals surface area contributed by atoms with Crippen LogP contribution in [0.25, 0.3) is 11.0 Å². The highest BCUT2D eigenvalue weighted by atomic mass is 15.2. The summed E-state index contributed by atoms with van der Waals surface area (Å²) in [5.74, 6) is 0.920. The zero-order chi connectivity index (χ0) is 14.1. The highest BCUT2D eigenvalue weighted by Crippen LogP contribution is 2.27. The minimum absolute atomic E-state index is 0.729. The molecule has 1 unspecified atom stereocenters. The van der Waals surface area contributed by atoms with Crippen molar-refractivity contribution in [3.8, 4) is 0 Å². The molecule has 0 aliphatic carbocycles. The van der Waals surface area contributed by atoms with Gasteiger partial charge in [-0.1, -0.05) is 12.1 Å². The molecule has 4 heteroatoms. The first kappa shape index (κ1) is 13.3. The van der Waals surface area contributed by atoms with E-state index in [0.29, 0.717) is 0 Å². The van der Waals surface area contributed by atoms with Crippen LogP contribution in [0.5, 0.6) is 0 Å². The average Bonchev–Trinajstić information content (AvgIpc) is 2.96. The highest BCUT2D eigenvalue weighted by Gasteiger charge is 2.33. The molecule has 3 aliphatic heterocycles. The molecule has 5 rings (SSSR count). The lowest BCUT2D eigenvalue weighted by Gasteiger charge is -2.45. The van der Waals surface area contributed by atoms with Gasteiger partial charge in [-0.05, 0) is 56.9 Å². The molecule has 0 amide bonds. The van der Waals surface area contributed by atoms with Crippen LogP contribution in [0.3, 0.4) is 0 Å². The number of benzene rings is 1. The topological polar surface area (TPSA) is 33.1 Å². The van der Waals surface area contributed by atoms with Crippen molar-refractivity contribution in [2.45, 2.75) is 31.8 Å². The number of para-hydroxylation sites is 2. The van der Waals surface area contributed by atoms with Gasteiger partial charge in [0.25, 0.3) is 0 Å². The minimum Gasteiger partial charge on any atom is -0.331 e. The summed E-state index contributed by atoms with van der Waals surface area (Å²) >= 11 is 0. The van der Waals surface area contributed by atoms with Gasteiger partial charge < -0.3 is 14.8 Å². The molecule has 1 aromatic heterocycles. The van der Waals surface area contributed by atoms with Crippen molar-refractivity contribution in [1.82, 2.24) is 19.8 Å². The molecular formula is C17H24N4. The van der Waals surface area contributed by atoms with E-state index >= 15 is 0 Å². The predicted molar refractivity (Wildman–Crippen MR) is 85.3 cm³/mol. The maximum atomic E-state index is 4.45. The Labute approximate surface area is 126 Å². The summed E-state index contributed by atoms with van der Waals surface area (Å²) in [5, 5.41) is 3.79. The van der Waals surface area contributed by atoms with Gasteiger partial charge in [-0.25, -0.2) is 4.98 Å². The largest absolute Gasteiger partial charge is 0.331 e. The third-order valence-electron chi connectivity index (χ3n) is 5.17. The second kappa shape index (κ2) is 5.78. The van der Waals surface area contributed by atoms with E-state index in [9.17, 15) is 0 Å².